The third-order valence-corrected chi connectivity index (χ3v) is 0. The maximum absolute atomic E-state index is 6.25. The van der Waals surface area contributed by atoms with Crippen molar-refractivity contribution in [3.8, 4) is 0 Å². The van der Waals surface area contributed by atoms with Crippen molar-refractivity contribution in [2.75, 3.05) is 0 Å². The van der Waals surface area contributed by atoms with E-state index in [2.05, 4.69) is 0 Å². The van der Waals surface area contributed by atoms with E-state index in [-0.39, 0.29) is 73.9 Å². The van der Waals surface area contributed by atoms with Crippen LogP contribution in [0, 0.1) is 11.8 Å². The normalized spacial score (nSPS) is 0.400. The molecule has 0 bridgehead atoms. The topological polar surface area (TPSA) is 55.3 Å². The summed E-state index contributed by atoms with van der Waals surface area (Å²) in [7, 11) is 0. The van der Waals surface area contributed by atoms with Crippen LogP contribution >= 0.6 is 0 Å². The summed E-state index contributed by atoms with van der Waals surface area (Å²) in [6.45, 7) is 4.75. The molecule has 0 aliphatic heterocycles. The zero-order chi connectivity index (χ0) is 2.00. The molecule has 0 radical (unpaired) electrons. The summed E-state index contributed by atoms with van der Waals surface area (Å²) in [6.07, 6.45) is 0. The largest absolute Gasteiger partial charge is 1.00 e. The number of rotatable bonds is 0. The molecule has 2 nitrogen and oxygen atoms in total. The minimum atomic E-state index is 0. The first-order valence-corrected chi connectivity index (χ1v) is 0.224. The van der Waals surface area contributed by atoms with E-state index < -0.39 is 0 Å². The quantitative estimate of drug-likeness (QED) is 0.251. The van der Waals surface area contributed by atoms with Gasteiger partial charge in [0, 0.05) is 17.1 Å². The molecule has 0 spiro atoms. The molecular weight excluding hydrogens is 137 g/mol. The van der Waals surface area contributed by atoms with Gasteiger partial charge in [0.05, 0.1) is 0 Å². The Morgan fingerprint density at radius 2 is 1.20 bits per heavy atom. The van der Waals surface area contributed by atoms with Crippen LogP contribution in [0.15, 0.2) is 0 Å². The molecule has 0 unspecified atom stereocenters. The minimum Gasteiger partial charge on any atom is -0.512 e. The van der Waals surface area contributed by atoms with Crippen LogP contribution in [0.3, 0.4) is 0 Å². The molecule has 0 heterocycles. The molecule has 5 heavy (non-hydrogen) atoms. The molecule has 0 aromatic rings. The van der Waals surface area contributed by atoms with Gasteiger partial charge in [0.15, 0.2) is 0 Å². The predicted molar refractivity (Wildman–Crippen MR) is 8.58 cm³/mol. The Morgan fingerprint density at radius 3 is 1.20 bits per heavy atom. The summed E-state index contributed by atoms with van der Waals surface area (Å²) in [6, 6.07) is 0. The van der Waals surface area contributed by atoms with Gasteiger partial charge in [-0.3, -0.25) is 0 Å². The van der Waals surface area contributed by atoms with E-state index in [0.29, 0.717) is 0 Å². The van der Waals surface area contributed by atoms with E-state index in [1.165, 1.54) is 0 Å². The number of hydrogen-bond acceptors (Lipinski definition) is 1. The van der Waals surface area contributed by atoms with E-state index >= 15 is 0 Å². The molecule has 0 aliphatic carbocycles. The number of nitrogens with zero attached hydrogens (tertiary/aromatic N) is 1. The first-order valence-electron chi connectivity index (χ1n) is 0.224. The molecule has 0 aliphatic rings. The van der Waals surface area contributed by atoms with E-state index in [9.17, 15) is 0 Å². The van der Waals surface area contributed by atoms with Crippen molar-refractivity contribution in [1.82, 2.24) is 0 Å². The van der Waals surface area contributed by atoms with Crippen molar-refractivity contribution in [1.29, 1.82) is 5.26 Å². The summed E-state index contributed by atoms with van der Waals surface area (Å²) < 4.78 is 0. The molecule has 0 atom stereocenters. The SMILES string of the molecule is O.[C-]#N.[Fe].[K+]. The molecule has 0 aromatic carbocycles. The van der Waals surface area contributed by atoms with E-state index in [1.807, 2.05) is 0 Å². The van der Waals surface area contributed by atoms with Crippen molar-refractivity contribution in [3.63, 3.8) is 0 Å². The Morgan fingerprint density at radius 1 is 1.20 bits per heavy atom. The second-order valence-electron chi connectivity index (χ2n) is 0. The smallest absolute Gasteiger partial charge is 0.512 e. The first kappa shape index (κ1) is 30.6. The Kier molecular flexibility index (Phi) is 282. The fourth-order valence-electron chi connectivity index (χ4n) is 0. The van der Waals surface area contributed by atoms with Crippen LogP contribution in [0.25, 0.3) is 0 Å². The van der Waals surface area contributed by atoms with Gasteiger partial charge in [-0.2, -0.15) is 0 Å². The fraction of sp³-hybridized carbons (Fsp3) is 0. The first-order chi connectivity index (χ1) is 1.00. The van der Waals surface area contributed by atoms with Crippen molar-refractivity contribution in [2.24, 2.45) is 0 Å². The van der Waals surface area contributed by atoms with Crippen LogP contribution in [0.4, 0.5) is 0 Å². The van der Waals surface area contributed by atoms with Gasteiger partial charge in [-0.05, 0) is 0 Å². The zero-order valence-corrected chi connectivity index (χ0v) is 7.03. The van der Waals surface area contributed by atoms with Crippen molar-refractivity contribution in [3.05, 3.63) is 6.57 Å². The van der Waals surface area contributed by atoms with E-state index in [1.54, 1.807) is 0 Å². The van der Waals surface area contributed by atoms with Gasteiger partial charge < -0.3 is 17.3 Å². The van der Waals surface area contributed by atoms with Crippen LogP contribution in [0.1, 0.15) is 0 Å². The van der Waals surface area contributed by atoms with Crippen molar-refractivity contribution in [2.45, 2.75) is 0 Å². The summed E-state index contributed by atoms with van der Waals surface area (Å²) in [5, 5.41) is 6.25. The second-order valence-corrected chi connectivity index (χ2v) is 0. The molecule has 0 fully saturated rings. The average molecular weight is 139 g/mol. The second kappa shape index (κ2) is 46.1. The fourth-order valence-corrected chi connectivity index (χ4v) is 0. The van der Waals surface area contributed by atoms with Gasteiger partial charge in [0.25, 0.3) is 0 Å². The summed E-state index contributed by atoms with van der Waals surface area (Å²) in [5.74, 6) is 0. The van der Waals surface area contributed by atoms with Crippen LogP contribution in [0.2, 0.25) is 0 Å². The van der Waals surface area contributed by atoms with Crippen molar-refractivity contribution < 1.29 is 73.9 Å². The van der Waals surface area contributed by atoms with E-state index in [0.717, 1.165) is 0 Å². The molecule has 26 valence electrons. The van der Waals surface area contributed by atoms with Gasteiger partial charge in [-0.1, -0.05) is 0 Å². The van der Waals surface area contributed by atoms with Crippen LogP contribution in [0.5, 0.6) is 0 Å². The predicted octanol–water partition coefficient (Wildman–Crippen LogP) is -3.73. The maximum atomic E-state index is 6.25. The molecule has 0 saturated carbocycles. The molecule has 0 amide bonds. The van der Waals surface area contributed by atoms with Gasteiger partial charge in [0.1, 0.15) is 0 Å². The van der Waals surface area contributed by atoms with Gasteiger partial charge in [0.2, 0.25) is 0 Å². The Labute approximate surface area is 84.1 Å². The maximum Gasteiger partial charge on any atom is 1.00 e. The van der Waals surface area contributed by atoms with Gasteiger partial charge >= 0.3 is 51.4 Å². The zero-order valence-electron chi connectivity index (χ0n) is 2.80. The van der Waals surface area contributed by atoms with Crippen LogP contribution in [-0.2, 0) is 17.1 Å². The monoisotopic (exact) mass is 139 g/mol. The molecule has 4 heteroatoms. The van der Waals surface area contributed by atoms with Gasteiger partial charge in [-0.15, -0.1) is 0 Å². The third kappa shape index (κ3) is 28.3. The molecule has 2 N–H and O–H groups in total. The standard InChI is InChI=1S/CN.Fe.K.H2O/c1-2;;;/h;;;1H2/q-1;;+1;. The Hall–Kier alpha value is 1.61. The third-order valence-electron chi connectivity index (χ3n) is 0. The number of hydrogen-bond donors (Lipinski definition) is 0. The summed E-state index contributed by atoms with van der Waals surface area (Å²) in [5.41, 5.74) is 0. The Bertz CT molecular complexity index is 16.4. The van der Waals surface area contributed by atoms with Crippen molar-refractivity contribution >= 4 is 0 Å². The molecule has 0 rings (SSSR count). The minimum absolute atomic E-state index is 0. The molecule has 0 saturated heterocycles. The molecular formula is CH2FeKNO. The van der Waals surface area contributed by atoms with Crippen LogP contribution in [-0.4, -0.2) is 5.48 Å². The Balaban J connectivity index is -0.00000000167. The summed E-state index contributed by atoms with van der Waals surface area (Å²) >= 11 is 0. The van der Waals surface area contributed by atoms with Crippen LogP contribution < -0.4 is 51.4 Å². The molecule has 0 aromatic heterocycles. The van der Waals surface area contributed by atoms with Gasteiger partial charge in [-0.25, -0.2) is 0 Å². The van der Waals surface area contributed by atoms with E-state index in [4.69, 9.17) is 11.8 Å². The average Bonchev–Trinajstić information content (AvgIpc) is 1.00. The summed E-state index contributed by atoms with van der Waals surface area (Å²) in [4.78, 5) is 0.